The highest BCUT2D eigenvalue weighted by molar-refractivity contribution is 7.64. The van der Waals surface area contributed by atoms with Crippen molar-refractivity contribution < 1.29 is 0 Å². The van der Waals surface area contributed by atoms with E-state index in [1.165, 1.54) is 154 Å². The lowest BCUT2D eigenvalue weighted by Crippen LogP contribution is -2.16. The zero-order valence-electron chi connectivity index (χ0n) is 21.9. The van der Waals surface area contributed by atoms with E-state index in [1.807, 2.05) is 0 Å². The molecule has 194 valence electrons. The first-order chi connectivity index (χ1) is 15.5. The molecule has 1 atom stereocenters. The summed E-state index contributed by atoms with van der Waals surface area (Å²) in [4.78, 5) is 0. The molecule has 0 fully saturated rings. The molecule has 0 amide bonds. The van der Waals surface area contributed by atoms with E-state index >= 15 is 0 Å². The van der Waals surface area contributed by atoms with Crippen molar-refractivity contribution in [3.63, 3.8) is 0 Å². The average molecular weight is 528 g/mol. The molecule has 0 aliphatic heterocycles. The molecule has 1 unspecified atom stereocenters. The number of unbranched alkanes of at least 4 members (excludes halogenated alkanes) is 20. The minimum Gasteiger partial charge on any atom is -0.126 e. The predicted molar refractivity (Wildman–Crippen MR) is 154 cm³/mol. The van der Waals surface area contributed by atoms with Crippen molar-refractivity contribution in [2.75, 3.05) is 0 Å². The molecule has 0 heterocycles. The molecule has 0 spiro atoms. The Hall–Kier alpha value is 1.09. The average Bonchev–Trinajstić information content (AvgIpc) is 2.74. The molecule has 0 radical (unpaired) electrons. The summed E-state index contributed by atoms with van der Waals surface area (Å²) in [6, 6.07) is -1.64. The summed E-state index contributed by atoms with van der Waals surface area (Å²) in [5.41, 5.74) is 0. The minimum absolute atomic E-state index is 0.645. The van der Waals surface area contributed by atoms with E-state index in [0.29, 0.717) is 5.92 Å². The van der Waals surface area contributed by atoms with Crippen molar-refractivity contribution in [1.29, 1.82) is 0 Å². The molecule has 0 saturated carbocycles. The van der Waals surface area contributed by atoms with Gasteiger partial charge in [-0.2, -0.15) is 0 Å². The molecule has 0 aromatic carbocycles. The van der Waals surface area contributed by atoms with Gasteiger partial charge in [-0.1, -0.05) is 168 Å². The number of hydrogen-bond acceptors (Lipinski definition) is 0. The summed E-state index contributed by atoms with van der Waals surface area (Å²) < 4.78 is 0. The van der Waals surface area contributed by atoms with Gasteiger partial charge in [0.2, 0.25) is 0 Å². The third-order valence-corrected chi connectivity index (χ3v) is 9.38. The molecule has 0 aromatic rings. The van der Waals surface area contributed by atoms with Crippen LogP contribution in [0.25, 0.3) is 0 Å². The lowest BCUT2D eigenvalue weighted by molar-refractivity contribution is 0.428. The summed E-state index contributed by atoms with van der Waals surface area (Å²) in [5, 5.41) is 0. The Balaban J connectivity index is 3.66. The zero-order valence-corrected chi connectivity index (χ0v) is 25.2. The van der Waals surface area contributed by atoms with E-state index in [9.17, 15) is 0 Å². The van der Waals surface area contributed by atoms with E-state index < -0.39 is 6.00 Å². The fourth-order valence-corrected chi connectivity index (χ4v) is 7.90. The topological polar surface area (TPSA) is 0 Å². The van der Waals surface area contributed by atoms with Gasteiger partial charge in [0.15, 0.2) is 0 Å². The maximum absolute atomic E-state index is 6.28. The van der Waals surface area contributed by atoms with Gasteiger partial charge >= 0.3 is 6.00 Å². The van der Waals surface area contributed by atoms with Crippen LogP contribution in [-0.2, 0) is 0 Å². The van der Waals surface area contributed by atoms with Gasteiger partial charge in [-0.3, -0.25) is 0 Å². The van der Waals surface area contributed by atoms with Gasteiger partial charge in [-0.15, -0.1) is 33.2 Å². The molecule has 0 N–H and O–H groups in total. The Kier molecular flexibility index (Phi) is 26.0. The summed E-state index contributed by atoms with van der Waals surface area (Å²) in [6.45, 7) is 4.58. The number of halogens is 3. The first kappa shape index (κ1) is 33.1. The highest BCUT2D eigenvalue weighted by Crippen LogP contribution is 2.34. The lowest BCUT2D eigenvalue weighted by Gasteiger charge is -2.20. The Labute approximate surface area is 218 Å². The molecular formula is C28H57Cl3Si. The molecule has 0 aromatic heterocycles. The van der Waals surface area contributed by atoms with E-state index in [1.54, 1.807) is 0 Å². The highest BCUT2D eigenvalue weighted by Gasteiger charge is 2.29. The smallest absolute Gasteiger partial charge is 0.126 e. The van der Waals surface area contributed by atoms with E-state index in [2.05, 4.69) is 13.8 Å². The van der Waals surface area contributed by atoms with E-state index in [4.69, 9.17) is 33.2 Å². The summed E-state index contributed by atoms with van der Waals surface area (Å²) in [5.74, 6) is 0.645. The Morgan fingerprint density at radius 2 is 0.656 bits per heavy atom. The van der Waals surface area contributed by atoms with Crippen molar-refractivity contribution >= 4 is 39.2 Å². The second kappa shape index (κ2) is 25.2. The van der Waals surface area contributed by atoms with Crippen LogP contribution in [-0.4, -0.2) is 6.00 Å². The van der Waals surface area contributed by atoms with Gasteiger partial charge in [0.05, 0.1) is 0 Å². The van der Waals surface area contributed by atoms with E-state index in [-0.39, 0.29) is 0 Å². The zero-order chi connectivity index (χ0) is 23.8. The SMILES string of the molecule is CCCCCCCCCCCCCCC(CCCCCCCCCCCC)C[Si](Cl)(Cl)Cl. The third-order valence-electron chi connectivity index (χ3n) is 6.95. The minimum atomic E-state index is -2.50. The van der Waals surface area contributed by atoms with Gasteiger partial charge in [0.1, 0.15) is 0 Å². The molecule has 4 heteroatoms. The molecular weight excluding hydrogens is 471 g/mol. The Bertz CT molecular complexity index is 357. The number of hydrogen-bond donors (Lipinski definition) is 0. The van der Waals surface area contributed by atoms with Crippen LogP contribution in [0.4, 0.5) is 0 Å². The molecule has 0 aliphatic rings. The monoisotopic (exact) mass is 526 g/mol. The fraction of sp³-hybridized carbons (Fsp3) is 1.00. The molecule has 0 saturated heterocycles. The van der Waals surface area contributed by atoms with Gasteiger partial charge in [-0.25, -0.2) is 0 Å². The highest BCUT2D eigenvalue weighted by atomic mass is 35.8. The van der Waals surface area contributed by atoms with E-state index in [0.717, 1.165) is 6.04 Å². The van der Waals surface area contributed by atoms with Crippen molar-refractivity contribution in [2.24, 2.45) is 5.92 Å². The van der Waals surface area contributed by atoms with Gasteiger partial charge in [0, 0.05) is 0 Å². The van der Waals surface area contributed by atoms with Crippen LogP contribution in [0.15, 0.2) is 0 Å². The van der Waals surface area contributed by atoms with Gasteiger partial charge in [0.25, 0.3) is 0 Å². The predicted octanol–water partition coefficient (Wildman–Crippen LogP) is 12.7. The van der Waals surface area contributed by atoms with Crippen molar-refractivity contribution in [3.05, 3.63) is 0 Å². The first-order valence-electron chi connectivity index (χ1n) is 14.6. The molecule has 0 nitrogen and oxygen atoms in total. The molecule has 0 aliphatic carbocycles. The van der Waals surface area contributed by atoms with Crippen molar-refractivity contribution in [2.45, 2.75) is 174 Å². The van der Waals surface area contributed by atoms with Crippen LogP contribution in [0.1, 0.15) is 168 Å². The lowest BCUT2D eigenvalue weighted by atomic mass is 9.95. The quantitative estimate of drug-likeness (QED) is 0.0595. The van der Waals surface area contributed by atoms with Crippen LogP contribution in [0.2, 0.25) is 6.04 Å². The van der Waals surface area contributed by atoms with Crippen molar-refractivity contribution in [3.8, 4) is 0 Å². The van der Waals surface area contributed by atoms with Crippen LogP contribution < -0.4 is 0 Å². The maximum atomic E-state index is 6.28. The second-order valence-electron chi connectivity index (χ2n) is 10.3. The van der Waals surface area contributed by atoms with Crippen LogP contribution in [0, 0.1) is 5.92 Å². The molecule has 32 heavy (non-hydrogen) atoms. The second-order valence-corrected chi connectivity index (χ2v) is 19.5. The number of rotatable bonds is 26. The third kappa shape index (κ3) is 27.3. The Morgan fingerprint density at radius 1 is 0.406 bits per heavy atom. The van der Waals surface area contributed by atoms with Gasteiger partial charge < -0.3 is 0 Å². The van der Waals surface area contributed by atoms with Crippen LogP contribution >= 0.6 is 33.2 Å². The fourth-order valence-electron chi connectivity index (χ4n) is 4.87. The largest absolute Gasteiger partial charge is 0.341 e. The van der Waals surface area contributed by atoms with Crippen LogP contribution in [0.3, 0.4) is 0 Å². The van der Waals surface area contributed by atoms with Crippen molar-refractivity contribution in [1.82, 2.24) is 0 Å². The molecule has 0 rings (SSSR count). The first-order valence-corrected chi connectivity index (χ1v) is 19.8. The summed E-state index contributed by atoms with van der Waals surface area (Å²) in [6.07, 6.45) is 33.4. The Morgan fingerprint density at radius 3 is 0.906 bits per heavy atom. The molecule has 0 bridgehead atoms. The maximum Gasteiger partial charge on any atom is 0.341 e. The standard InChI is InChI=1S/C28H57Cl3Si/c1-3-5-7-9-11-13-15-16-18-20-22-24-26-28(27-32(29,30)31)25-23-21-19-17-14-12-10-8-6-4-2/h28H,3-27H2,1-2H3. The summed E-state index contributed by atoms with van der Waals surface area (Å²) in [7, 11) is 0. The van der Waals surface area contributed by atoms with Gasteiger partial charge in [-0.05, 0) is 12.0 Å². The van der Waals surface area contributed by atoms with Crippen LogP contribution in [0.5, 0.6) is 0 Å². The summed E-state index contributed by atoms with van der Waals surface area (Å²) >= 11 is 18.8. The normalized spacial score (nSPS) is 13.0.